The quantitative estimate of drug-likeness (QED) is 0.770. The fourth-order valence-corrected chi connectivity index (χ4v) is 3.31. The normalized spacial score (nSPS) is 12.2. The third kappa shape index (κ3) is 3.49. The molecule has 1 aromatic heterocycles. The van der Waals surface area contributed by atoms with Crippen LogP contribution in [0.1, 0.15) is 11.1 Å². The van der Waals surface area contributed by atoms with E-state index in [1.54, 1.807) is 0 Å². The van der Waals surface area contributed by atoms with Gasteiger partial charge in [0.2, 0.25) is 12.7 Å². The first-order valence-corrected chi connectivity index (χ1v) is 8.76. The highest BCUT2D eigenvalue weighted by molar-refractivity contribution is 7.14. The van der Waals surface area contributed by atoms with Crippen LogP contribution < -0.4 is 14.8 Å². The van der Waals surface area contributed by atoms with Gasteiger partial charge in [-0.25, -0.2) is 4.98 Å². The van der Waals surface area contributed by atoms with Crippen LogP contribution in [0.5, 0.6) is 11.5 Å². The number of hydrogen-bond donors (Lipinski definition) is 1. The van der Waals surface area contributed by atoms with Crippen molar-refractivity contribution in [3.8, 4) is 22.8 Å². The number of nitrogens with one attached hydrogen (secondary N) is 1. The van der Waals surface area contributed by atoms with E-state index >= 15 is 0 Å². The van der Waals surface area contributed by atoms with Gasteiger partial charge in [0.1, 0.15) is 0 Å². The van der Waals surface area contributed by atoms with Crippen molar-refractivity contribution >= 4 is 22.4 Å². The van der Waals surface area contributed by atoms with E-state index in [0.29, 0.717) is 11.6 Å². The van der Waals surface area contributed by atoms with Crippen LogP contribution in [0.4, 0.5) is 5.13 Å². The Balaban J connectivity index is 1.44. The molecule has 4 rings (SSSR count). The number of hydrogen-bond acceptors (Lipinski definition) is 5. The molecule has 0 fully saturated rings. The molecule has 0 bridgehead atoms. The summed E-state index contributed by atoms with van der Waals surface area (Å²) in [4.78, 5) is 16.7. The summed E-state index contributed by atoms with van der Waals surface area (Å²) in [7, 11) is 0. The van der Waals surface area contributed by atoms with Crippen molar-refractivity contribution in [2.24, 2.45) is 0 Å². The van der Waals surface area contributed by atoms with Gasteiger partial charge in [-0.1, -0.05) is 29.8 Å². The Hall–Kier alpha value is -2.86. The lowest BCUT2D eigenvalue weighted by atomic mass is 10.1. The molecule has 1 aliphatic rings. The zero-order valence-corrected chi connectivity index (χ0v) is 14.4. The number of anilines is 1. The van der Waals surface area contributed by atoms with E-state index in [-0.39, 0.29) is 12.7 Å². The van der Waals surface area contributed by atoms with Gasteiger partial charge in [-0.3, -0.25) is 4.79 Å². The first kappa shape index (κ1) is 15.7. The maximum atomic E-state index is 12.2. The average Bonchev–Trinajstić information content (AvgIpc) is 3.25. The van der Waals surface area contributed by atoms with E-state index in [9.17, 15) is 4.79 Å². The van der Waals surface area contributed by atoms with Crippen LogP contribution in [0, 0.1) is 6.92 Å². The van der Waals surface area contributed by atoms with Crippen molar-refractivity contribution in [3.05, 3.63) is 59.0 Å². The number of aryl methyl sites for hydroxylation is 1. The van der Waals surface area contributed by atoms with E-state index in [2.05, 4.69) is 10.3 Å². The van der Waals surface area contributed by atoms with Crippen LogP contribution in [0.25, 0.3) is 11.3 Å². The number of ether oxygens (including phenoxy) is 2. The van der Waals surface area contributed by atoms with Crippen molar-refractivity contribution in [3.63, 3.8) is 0 Å². The second-order valence-electron chi connectivity index (χ2n) is 5.82. The molecule has 0 radical (unpaired) electrons. The van der Waals surface area contributed by atoms with Gasteiger partial charge in [0.25, 0.3) is 0 Å². The molecule has 0 saturated carbocycles. The summed E-state index contributed by atoms with van der Waals surface area (Å²) >= 11 is 1.40. The Morgan fingerprint density at radius 1 is 1.16 bits per heavy atom. The second-order valence-corrected chi connectivity index (χ2v) is 6.67. The molecule has 2 aromatic carbocycles. The second kappa shape index (κ2) is 6.57. The summed E-state index contributed by atoms with van der Waals surface area (Å²) in [6, 6.07) is 13.6. The number of nitrogens with zero attached hydrogens (tertiary/aromatic N) is 1. The Bertz CT molecular complexity index is 919. The number of amides is 1. The number of aromatic nitrogens is 1. The molecular formula is C19H16N2O3S. The molecule has 3 aromatic rings. The minimum Gasteiger partial charge on any atom is -0.454 e. The standard InChI is InChI=1S/C19H16N2O3S/c1-12-2-4-13(5-3-12)8-18(22)21-19-20-15(10-25-19)14-6-7-16-17(9-14)24-11-23-16/h2-7,9-10H,8,11H2,1H3,(H,20,21,22). The minimum atomic E-state index is -0.0737. The highest BCUT2D eigenvalue weighted by Gasteiger charge is 2.15. The number of thiazole rings is 1. The Labute approximate surface area is 149 Å². The SMILES string of the molecule is Cc1ccc(CC(=O)Nc2nc(-c3ccc4c(c3)OCO4)cs2)cc1. The predicted octanol–water partition coefficient (Wildman–Crippen LogP) is 4.03. The van der Waals surface area contributed by atoms with Crippen LogP contribution in [-0.2, 0) is 11.2 Å². The minimum absolute atomic E-state index is 0.0737. The molecule has 25 heavy (non-hydrogen) atoms. The van der Waals surface area contributed by atoms with Crippen molar-refractivity contribution in [1.29, 1.82) is 0 Å². The van der Waals surface area contributed by atoms with Gasteiger partial charge in [-0.15, -0.1) is 11.3 Å². The lowest BCUT2D eigenvalue weighted by Crippen LogP contribution is -2.14. The van der Waals surface area contributed by atoms with Gasteiger partial charge in [-0.05, 0) is 30.7 Å². The topological polar surface area (TPSA) is 60.5 Å². The first-order chi connectivity index (χ1) is 12.2. The number of carbonyl (C=O) groups is 1. The van der Waals surface area contributed by atoms with Gasteiger partial charge in [0, 0.05) is 10.9 Å². The maximum Gasteiger partial charge on any atom is 0.231 e. The lowest BCUT2D eigenvalue weighted by molar-refractivity contribution is -0.115. The van der Waals surface area contributed by atoms with E-state index in [0.717, 1.165) is 28.3 Å². The third-order valence-electron chi connectivity index (χ3n) is 3.90. The Kier molecular flexibility index (Phi) is 4.11. The molecule has 1 aliphatic heterocycles. The molecule has 1 N–H and O–H groups in total. The highest BCUT2D eigenvalue weighted by Crippen LogP contribution is 2.36. The number of carbonyl (C=O) groups excluding carboxylic acids is 1. The third-order valence-corrected chi connectivity index (χ3v) is 4.66. The fourth-order valence-electron chi connectivity index (χ4n) is 2.57. The summed E-state index contributed by atoms with van der Waals surface area (Å²) in [6.07, 6.45) is 0.333. The predicted molar refractivity (Wildman–Crippen MR) is 97.2 cm³/mol. The summed E-state index contributed by atoms with van der Waals surface area (Å²) < 4.78 is 10.7. The van der Waals surface area contributed by atoms with Crippen molar-refractivity contribution in [2.45, 2.75) is 13.3 Å². The summed E-state index contributed by atoms with van der Waals surface area (Å²) in [5, 5.41) is 5.36. The van der Waals surface area contributed by atoms with E-state index in [1.807, 2.05) is 54.8 Å². The largest absolute Gasteiger partial charge is 0.454 e. The summed E-state index contributed by atoms with van der Waals surface area (Å²) in [6.45, 7) is 2.27. The molecule has 0 atom stereocenters. The van der Waals surface area contributed by atoms with Gasteiger partial charge in [0.05, 0.1) is 12.1 Å². The van der Waals surface area contributed by atoms with E-state index < -0.39 is 0 Å². The molecule has 5 nitrogen and oxygen atoms in total. The van der Waals surface area contributed by atoms with Gasteiger partial charge >= 0.3 is 0 Å². The Morgan fingerprint density at radius 2 is 1.96 bits per heavy atom. The van der Waals surface area contributed by atoms with Crippen LogP contribution in [0.3, 0.4) is 0 Å². The molecule has 1 amide bonds. The molecule has 0 unspecified atom stereocenters. The van der Waals surface area contributed by atoms with Crippen molar-refractivity contribution in [2.75, 3.05) is 12.1 Å². The number of rotatable bonds is 4. The average molecular weight is 352 g/mol. The molecular weight excluding hydrogens is 336 g/mol. The monoisotopic (exact) mass is 352 g/mol. The van der Waals surface area contributed by atoms with Crippen molar-refractivity contribution in [1.82, 2.24) is 4.98 Å². The number of fused-ring (bicyclic) bond motifs is 1. The van der Waals surface area contributed by atoms with Gasteiger partial charge in [-0.2, -0.15) is 0 Å². The van der Waals surface area contributed by atoms with Gasteiger partial charge < -0.3 is 14.8 Å². The molecule has 6 heteroatoms. The Morgan fingerprint density at radius 3 is 2.80 bits per heavy atom. The zero-order valence-electron chi connectivity index (χ0n) is 13.6. The van der Waals surface area contributed by atoms with E-state index in [4.69, 9.17) is 9.47 Å². The first-order valence-electron chi connectivity index (χ1n) is 7.88. The summed E-state index contributed by atoms with van der Waals surface area (Å²) in [5.74, 6) is 1.39. The van der Waals surface area contributed by atoms with Crippen LogP contribution in [0.2, 0.25) is 0 Å². The number of benzene rings is 2. The smallest absolute Gasteiger partial charge is 0.231 e. The molecule has 0 spiro atoms. The van der Waals surface area contributed by atoms with Crippen LogP contribution in [-0.4, -0.2) is 17.7 Å². The summed E-state index contributed by atoms with van der Waals surface area (Å²) in [5.41, 5.74) is 3.89. The molecule has 2 heterocycles. The lowest BCUT2D eigenvalue weighted by Gasteiger charge is -2.03. The van der Waals surface area contributed by atoms with Crippen molar-refractivity contribution < 1.29 is 14.3 Å². The van der Waals surface area contributed by atoms with Gasteiger partial charge in [0.15, 0.2) is 16.6 Å². The fraction of sp³-hybridized carbons (Fsp3) is 0.158. The van der Waals surface area contributed by atoms with Crippen LogP contribution >= 0.6 is 11.3 Å². The zero-order chi connectivity index (χ0) is 17.2. The maximum absolute atomic E-state index is 12.2. The molecule has 0 saturated heterocycles. The molecule has 0 aliphatic carbocycles. The van der Waals surface area contributed by atoms with E-state index in [1.165, 1.54) is 16.9 Å². The van der Waals surface area contributed by atoms with Crippen LogP contribution in [0.15, 0.2) is 47.8 Å². The highest BCUT2D eigenvalue weighted by atomic mass is 32.1. The molecule has 126 valence electrons.